The van der Waals surface area contributed by atoms with E-state index in [2.05, 4.69) is 16.0 Å². The van der Waals surface area contributed by atoms with Crippen LogP contribution >= 0.6 is 11.6 Å². The van der Waals surface area contributed by atoms with Gasteiger partial charge in [-0.1, -0.05) is 39.3 Å². The van der Waals surface area contributed by atoms with Gasteiger partial charge in [-0.15, -0.1) is 0 Å². The molecule has 0 radical (unpaired) electrons. The van der Waals surface area contributed by atoms with Crippen molar-refractivity contribution in [3.63, 3.8) is 0 Å². The maximum atomic E-state index is 14.1. The molecule has 4 rings (SSSR count). The lowest BCUT2D eigenvalue weighted by atomic mass is 9.84. The molecule has 11 nitrogen and oxygen atoms in total. The Bertz CT molecular complexity index is 1220. The summed E-state index contributed by atoms with van der Waals surface area (Å²) in [6.45, 7) is 9.36. The van der Waals surface area contributed by atoms with E-state index in [1.165, 1.54) is 12.1 Å². The second kappa shape index (κ2) is 12.4. The average Bonchev–Trinajstić information content (AvgIpc) is 3.62. The number of piperidine rings is 1. The molecule has 12 heteroatoms. The first kappa shape index (κ1) is 30.8. The zero-order chi connectivity index (χ0) is 30.1. The van der Waals surface area contributed by atoms with Gasteiger partial charge in [-0.25, -0.2) is 0 Å². The van der Waals surface area contributed by atoms with Gasteiger partial charge in [-0.3, -0.25) is 24.0 Å². The maximum Gasteiger partial charge on any atom is 0.310 e. The second-order valence-corrected chi connectivity index (χ2v) is 12.3. The van der Waals surface area contributed by atoms with Gasteiger partial charge in [-0.05, 0) is 55.7 Å². The van der Waals surface area contributed by atoms with Crippen molar-refractivity contribution in [3.05, 3.63) is 28.8 Å². The van der Waals surface area contributed by atoms with E-state index in [1.807, 2.05) is 20.8 Å². The minimum atomic E-state index is -0.935. The number of hydrogen-bond donors (Lipinski definition) is 3. The van der Waals surface area contributed by atoms with Crippen molar-refractivity contribution < 1.29 is 33.4 Å². The summed E-state index contributed by atoms with van der Waals surface area (Å²) in [6, 6.07) is 2.10. The van der Waals surface area contributed by atoms with Gasteiger partial charge in [0.1, 0.15) is 18.1 Å². The fourth-order valence-electron chi connectivity index (χ4n) is 5.89. The van der Waals surface area contributed by atoms with Crippen molar-refractivity contribution in [1.82, 2.24) is 15.5 Å². The third-order valence-electron chi connectivity index (χ3n) is 7.94. The number of cyclic esters (lactones) is 1. The van der Waals surface area contributed by atoms with Crippen LogP contribution in [0.15, 0.2) is 18.2 Å². The lowest BCUT2D eigenvalue weighted by molar-refractivity contribution is -0.165. The third-order valence-corrected chi connectivity index (χ3v) is 8.26. The average molecular weight is 591 g/mol. The highest BCUT2D eigenvalue weighted by molar-refractivity contribution is 6.34. The summed E-state index contributed by atoms with van der Waals surface area (Å²) in [5.74, 6) is -1.87. The Balaban J connectivity index is 1.52. The van der Waals surface area contributed by atoms with Crippen LogP contribution in [-0.4, -0.2) is 71.6 Å². The molecule has 3 fully saturated rings. The standard InChI is InChI=1S/C29H39ClN4O7/c1-6-21(35)31-19-11-9-16(13-18(19)30)25(37)33-24(29(3,4)5)27(39)34-17-10-8-15(12-17)23(34)26(38)32-20-14-22(36)41-28(20)40-7-2/h9,11,13,15,17,20,23-24,28H,6-8,10,12,14H2,1-5H3,(H,31,35)(H,32,38)(H,33,37)/t15-,17+,20?,23-,24+,28+/m0/s1. The molecule has 0 spiro atoms. The smallest absolute Gasteiger partial charge is 0.310 e. The zero-order valence-corrected chi connectivity index (χ0v) is 24.9. The highest BCUT2D eigenvalue weighted by Crippen LogP contribution is 2.44. The number of amides is 4. The van der Waals surface area contributed by atoms with E-state index in [0.717, 1.165) is 12.8 Å². The largest absolute Gasteiger partial charge is 0.433 e. The molecule has 1 aromatic rings. The molecule has 6 atom stereocenters. The normalized spacial score (nSPS) is 26.0. The van der Waals surface area contributed by atoms with Crippen LogP contribution < -0.4 is 16.0 Å². The third kappa shape index (κ3) is 6.67. The van der Waals surface area contributed by atoms with Crippen molar-refractivity contribution in [3.8, 4) is 0 Å². The zero-order valence-electron chi connectivity index (χ0n) is 24.1. The van der Waals surface area contributed by atoms with E-state index in [-0.39, 0.29) is 53.1 Å². The minimum Gasteiger partial charge on any atom is -0.433 e. The molecule has 3 aliphatic rings. The highest BCUT2D eigenvalue weighted by Gasteiger charge is 2.54. The number of carbonyl (C=O) groups is 5. The van der Waals surface area contributed by atoms with Crippen molar-refractivity contribution in [1.29, 1.82) is 0 Å². The van der Waals surface area contributed by atoms with E-state index in [4.69, 9.17) is 21.1 Å². The number of benzene rings is 1. The summed E-state index contributed by atoms with van der Waals surface area (Å²) in [4.78, 5) is 66.3. The van der Waals surface area contributed by atoms with Crippen LogP contribution in [0.4, 0.5) is 5.69 Å². The molecule has 2 bridgehead atoms. The Labute approximate surface area is 245 Å². The van der Waals surface area contributed by atoms with Gasteiger partial charge < -0.3 is 30.3 Å². The Kier molecular flexibility index (Phi) is 9.28. The molecule has 2 heterocycles. The van der Waals surface area contributed by atoms with Crippen LogP contribution in [-0.2, 0) is 28.7 Å². The number of nitrogens with one attached hydrogen (secondary N) is 3. The van der Waals surface area contributed by atoms with Gasteiger partial charge in [0.25, 0.3) is 5.91 Å². The molecule has 41 heavy (non-hydrogen) atoms. The molecule has 4 amide bonds. The summed E-state index contributed by atoms with van der Waals surface area (Å²) >= 11 is 6.32. The first-order chi connectivity index (χ1) is 19.3. The number of carbonyl (C=O) groups excluding carboxylic acids is 5. The number of anilines is 1. The summed E-state index contributed by atoms with van der Waals surface area (Å²) in [7, 11) is 0. The number of rotatable bonds is 9. The van der Waals surface area contributed by atoms with Crippen LogP contribution in [0.1, 0.15) is 77.1 Å². The second-order valence-electron chi connectivity index (χ2n) is 11.9. The number of fused-ring (bicyclic) bond motifs is 2. The van der Waals surface area contributed by atoms with Gasteiger partial charge in [0.05, 0.1) is 17.1 Å². The first-order valence-electron chi connectivity index (χ1n) is 14.2. The van der Waals surface area contributed by atoms with Crippen LogP contribution in [0.25, 0.3) is 0 Å². The van der Waals surface area contributed by atoms with Crippen molar-refractivity contribution in [2.75, 3.05) is 11.9 Å². The molecule has 1 unspecified atom stereocenters. The molecule has 1 saturated carbocycles. The van der Waals surface area contributed by atoms with Crippen molar-refractivity contribution in [2.24, 2.45) is 11.3 Å². The SMILES string of the molecule is CCO[C@@H]1OC(=O)CC1NC(=O)[C@@H]1[C@H]2CC[C@H](C2)N1C(=O)[C@@H](NC(=O)c1ccc(NC(=O)CC)c(Cl)c1)C(C)(C)C. The summed E-state index contributed by atoms with van der Waals surface area (Å²) in [6.07, 6.45) is 1.70. The number of halogens is 1. The number of nitrogens with zero attached hydrogens (tertiary/aromatic N) is 1. The highest BCUT2D eigenvalue weighted by atomic mass is 35.5. The van der Waals surface area contributed by atoms with E-state index in [1.54, 1.807) is 24.8 Å². The summed E-state index contributed by atoms with van der Waals surface area (Å²) in [5.41, 5.74) is -0.0572. The predicted molar refractivity (Wildman–Crippen MR) is 151 cm³/mol. The van der Waals surface area contributed by atoms with Crippen LogP contribution in [0.2, 0.25) is 5.02 Å². The first-order valence-corrected chi connectivity index (χ1v) is 14.6. The molecular weight excluding hydrogens is 552 g/mol. The number of esters is 1. The Hall–Kier alpha value is -3.18. The quantitative estimate of drug-likeness (QED) is 0.375. The molecular formula is C29H39ClN4O7. The lowest BCUT2D eigenvalue weighted by Gasteiger charge is -2.40. The fourth-order valence-corrected chi connectivity index (χ4v) is 6.12. The number of hydrogen-bond acceptors (Lipinski definition) is 7. The van der Waals surface area contributed by atoms with E-state index >= 15 is 0 Å². The molecule has 224 valence electrons. The molecule has 0 aromatic heterocycles. The van der Waals surface area contributed by atoms with Gasteiger partial charge >= 0.3 is 5.97 Å². The topological polar surface area (TPSA) is 143 Å². The monoisotopic (exact) mass is 590 g/mol. The van der Waals surface area contributed by atoms with Gasteiger partial charge in [0.2, 0.25) is 24.0 Å². The minimum absolute atomic E-state index is 0.00465. The molecule has 1 aromatic carbocycles. The predicted octanol–water partition coefficient (Wildman–Crippen LogP) is 3.01. The molecule has 2 saturated heterocycles. The summed E-state index contributed by atoms with van der Waals surface area (Å²) in [5, 5.41) is 8.65. The van der Waals surface area contributed by atoms with E-state index in [9.17, 15) is 24.0 Å². The fraction of sp³-hybridized carbons (Fsp3) is 0.621. The number of likely N-dealkylation sites (tertiary alicyclic amines) is 1. The van der Waals surface area contributed by atoms with E-state index < -0.39 is 41.7 Å². The lowest BCUT2D eigenvalue weighted by Crippen LogP contribution is -2.62. The van der Waals surface area contributed by atoms with E-state index in [0.29, 0.717) is 18.7 Å². The van der Waals surface area contributed by atoms with Crippen molar-refractivity contribution in [2.45, 2.75) is 97.2 Å². The van der Waals surface area contributed by atoms with Crippen LogP contribution in [0.3, 0.4) is 0 Å². The van der Waals surface area contributed by atoms with Crippen LogP contribution in [0.5, 0.6) is 0 Å². The van der Waals surface area contributed by atoms with Crippen molar-refractivity contribution >= 4 is 46.9 Å². The molecule has 1 aliphatic carbocycles. The Morgan fingerprint density at radius 3 is 2.54 bits per heavy atom. The van der Waals surface area contributed by atoms with Gasteiger partial charge in [0.15, 0.2) is 0 Å². The number of ether oxygens (including phenoxy) is 2. The summed E-state index contributed by atoms with van der Waals surface area (Å²) < 4.78 is 10.7. The van der Waals surface area contributed by atoms with Gasteiger partial charge in [0, 0.05) is 24.6 Å². The molecule has 2 aliphatic heterocycles. The Morgan fingerprint density at radius 1 is 1.17 bits per heavy atom. The Morgan fingerprint density at radius 2 is 1.90 bits per heavy atom. The van der Waals surface area contributed by atoms with Gasteiger partial charge in [-0.2, -0.15) is 0 Å². The van der Waals surface area contributed by atoms with Crippen LogP contribution in [0, 0.1) is 11.3 Å². The maximum absolute atomic E-state index is 14.1. The molecule has 3 N–H and O–H groups in total.